The van der Waals surface area contributed by atoms with E-state index in [2.05, 4.69) is 25.6 Å². The molecule has 0 bridgehead atoms. The second kappa shape index (κ2) is 10.3. The molecule has 14 heteroatoms. The first kappa shape index (κ1) is 25.0. The molecule has 10 nitrogen and oxygen atoms in total. The highest BCUT2D eigenvalue weighted by molar-refractivity contribution is 6.31. The molecule has 0 saturated heterocycles. The van der Waals surface area contributed by atoms with Crippen molar-refractivity contribution < 1.29 is 32.0 Å². The Kier molecular flexibility index (Phi) is 7.12. The van der Waals surface area contributed by atoms with E-state index in [0.29, 0.717) is 35.2 Å². The molecule has 0 radical (unpaired) electrons. The van der Waals surface area contributed by atoms with E-state index in [1.54, 1.807) is 35.9 Å². The number of halogens is 4. The van der Waals surface area contributed by atoms with Crippen molar-refractivity contribution in [3.05, 3.63) is 59.4 Å². The second-order valence-corrected chi connectivity index (χ2v) is 7.79. The van der Waals surface area contributed by atoms with Crippen LogP contribution in [0.5, 0.6) is 6.01 Å². The number of nitrogens with zero attached hydrogens (tertiary/aromatic N) is 3. The quantitative estimate of drug-likeness (QED) is 0.213. The molecule has 2 aromatic heterocycles. The first-order valence-corrected chi connectivity index (χ1v) is 10.8. The van der Waals surface area contributed by atoms with Crippen molar-refractivity contribution in [1.29, 1.82) is 0 Å². The summed E-state index contributed by atoms with van der Waals surface area (Å²) < 4.78 is 51.6. The lowest BCUT2D eigenvalue weighted by atomic mass is 10.2. The van der Waals surface area contributed by atoms with Crippen LogP contribution in [-0.2, 0) is 10.9 Å². The van der Waals surface area contributed by atoms with Gasteiger partial charge in [-0.15, -0.1) is 0 Å². The van der Waals surface area contributed by atoms with Crippen molar-refractivity contribution in [1.82, 2.24) is 15.0 Å². The molecule has 2 heterocycles. The summed E-state index contributed by atoms with van der Waals surface area (Å²) in [5.41, 5.74) is 6.81. The molecule has 0 spiro atoms. The standard InChI is InChI=1S/C22H19ClF3N7O3/c1-35-8-9-36-21-32-17-18(27)28-11-29-19(17)33(21)14-5-2-12(3-6-14)30-20(34)31-13-4-7-16(23)15(10-13)22(24,25)26/h2-7,10-11H,8-9H2,1H3,(H4,27,28,29,30,31,34)/p+1. The SMILES string of the molecule is COCCOc1[nH]c2c(N)ncnc2[n+]1-c1ccc(NC(=O)Nc2ccc(Cl)c(C(F)(F)F)c2)cc1. The molecule has 0 atom stereocenters. The van der Waals surface area contributed by atoms with E-state index in [9.17, 15) is 18.0 Å². The van der Waals surface area contributed by atoms with Gasteiger partial charge in [0.25, 0.3) is 0 Å². The zero-order valence-electron chi connectivity index (χ0n) is 18.7. The van der Waals surface area contributed by atoms with Gasteiger partial charge in [-0.1, -0.05) is 16.6 Å². The van der Waals surface area contributed by atoms with Crippen molar-refractivity contribution in [2.45, 2.75) is 6.18 Å². The number of nitrogen functional groups attached to an aromatic ring is 1. The molecule has 4 rings (SSSR count). The zero-order valence-corrected chi connectivity index (χ0v) is 19.4. The lowest BCUT2D eigenvalue weighted by Gasteiger charge is -2.12. The van der Waals surface area contributed by atoms with Crippen molar-refractivity contribution in [2.24, 2.45) is 0 Å². The van der Waals surface area contributed by atoms with Crippen LogP contribution in [0.15, 0.2) is 48.8 Å². The van der Waals surface area contributed by atoms with Gasteiger partial charge in [-0.05, 0) is 42.5 Å². The largest absolute Gasteiger partial charge is 0.440 e. The number of urea groups is 1. The Morgan fingerprint density at radius 1 is 1.11 bits per heavy atom. The number of alkyl halides is 3. The van der Waals surface area contributed by atoms with E-state index < -0.39 is 22.8 Å². The molecule has 0 unspecified atom stereocenters. The summed E-state index contributed by atoms with van der Waals surface area (Å²) >= 11 is 5.61. The van der Waals surface area contributed by atoms with Crippen LogP contribution in [0.2, 0.25) is 5.02 Å². The fraction of sp³-hybridized carbons (Fsp3) is 0.182. The molecule has 36 heavy (non-hydrogen) atoms. The molecule has 0 aliphatic rings. The summed E-state index contributed by atoms with van der Waals surface area (Å²) in [6, 6.07) is 9.29. The maximum Gasteiger partial charge on any atom is 0.417 e. The number of nitrogens with one attached hydrogen (secondary N) is 3. The highest BCUT2D eigenvalue weighted by Gasteiger charge is 2.33. The summed E-state index contributed by atoms with van der Waals surface area (Å²) in [6.45, 7) is 0.615. The van der Waals surface area contributed by atoms with Crippen LogP contribution in [0.4, 0.5) is 35.2 Å². The smallest absolute Gasteiger partial charge is 0.417 e. The number of H-pyrrole nitrogens is 1. The molecular weight excluding hydrogens is 503 g/mol. The van der Waals surface area contributed by atoms with Crippen LogP contribution in [0, 0.1) is 0 Å². The van der Waals surface area contributed by atoms with Crippen LogP contribution < -0.4 is 25.7 Å². The Morgan fingerprint density at radius 3 is 2.50 bits per heavy atom. The minimum absolute atomic E-state index is 0.0645. The summed E-state index contributed by atoms with van der Waals surface area (Å²) in [5, 5.41) is 4.46. The van der Waals surface area contributed by atoms with Gasteiger partial charge in [0.1, 0.15) is 12.3 Å². The van der Waals surface area contributed by atoms with E-state index in [4.69, 9.17) is 26.8 Å². The number of imidazole rings is 1. The number of carbonyl (C=O) groups is 1. The molecule has 0 saturated carbocycles. The van der Waals surface area contributed by atoms with Gasteiger partial charge in [0, 0.05) is 18.5 Å². The number of anilines is 3. The lowest BCUT2D eigenvalue weighted by molar-refractivity contribution is -0.577. The fourth-order valence-electron chi connectivity index (χ4n) is 3.31. The van der Waals surface area contributed by atoms with Gasteiger partial charge in [0.15, 0.2) is 12.1 Å². The van der Waals surface area contributed by atoms with Gasteiger partial charge >= 0.3 is 23.9 Å². The number of hydrogen-bond donors (Lipinski definition) is 4. The zero-order chi connectivity index (χ0) is 25.9. The Balaban J connectivity index is 1.53. The highest BCUT2D eigenvalue weighted by atomic mass is 35.5. The van der Waals surface area contributed by atoms with Crippen LogP contribution >= 0.6 is 11.6 Å². The van der Waals surface area contributed by atoms with E-state index in [0.717, 1.165) is 12.1 Å². The third-order valence-corrected chi connectivity index (χ3v) is 5.27. The number of methoxy groups -OCH3 is 1. The average Bonchev–Trinajstić information content (AvgIpc) is 3.20. The molecular formula is C22H20ClF3N7O3+. The second-order valence-electron chi connectivity index (χ2n) is 7.38. The summed E-state index contributed by atoms with van der Waals surface area (Å²) in [7, 11) is 1.55. The predicted octanol–water partition coefficient (Wildman–Crippen LogP) is 4.16. The molecule has 5 N–H and O–H groups in total. The Labute approximate surface area is 207 Å². The molecule has 2 aromatic carbocycles. The van der Waals surface area contributed by atoms with E-state index in [-0.39, 0.29) is 18.1 Å². The van der Waals surface area contributed by atoms with Gasteiger partial charge < -0.3 is 25.8 Å². The molecule has 4 aromatic rings. The highest BCUT2D eigenvalue weighted by Crippen LogP contribution is 2.36. The van der Waals surface area contributed by atoms with E-state index in [1.165, 1.54) is 12.4 Å². The first-order chi connectivity index (χ1) is 17.2. The normalized spacial score (nSPS) is 11.5. The van der Waals surface area contributed by atoms with Crippen LogP contribution in [0.1, 0.15) is 5.56 Å². The Hall–Kier alpha value is -4.10. The topological polar surface area (TPSA) is 131 Å². The van der Waals surface area contributed by atoms with Crippen molar-refractivity contribution in [3.63, 3.8) is 0 Å². The molecule has 0 aliphatic heterocycles. The number of ether oxygens (including phenoxy) is 2. The number of amides is 2. The number of rotatable bonds is 7. The number of benzene rings is 2. The first-order valence-electron chi connectivity index (χ1n) is 10.4. The monoisotopic (exact) mass is 522 g/mol. The number of aromatic amines is 1. The Bertz CT molecular complexity index is 1390. The number of carbonyl (C=O) groups excluding carboxylic acids is 1. The third-order valence-electron chi connectivity index (χ3n) is 4.94. The van der Waals surface area contributed by atoms with E-state index >= 15 is 0 Å². The third kappa shape index (κ3) is 5.42. The minimum atomic E-state index is -4.65. The summed E-state index contributed by atoms with van der Waals surface area (Å²) in [6.07, 6.45) is -3.33. The maximum atomic E-state index is 13.1. The number of fused-ring (bicyclic) bond motifs is 1. The van der Waals surface area contributed by atoms with Gasteiger partial charge in [0.2, 0.25) is 5.52 Å². The van der Waals surface area contributed by atoms with Gasteiger partial charge in [-0.2, -0.15) is 22.7 Å². The van der Waals surface area contributed by atoms with Crippen molar-refractivity contribution in [3.8, 4) is 11.7 Å². The van der Waals surface area contributed by atoms with Crippen molar-refractivity contribution in [2.75, 3.05) is 36.7 Å². The van der Waals surface area contributed by atoms with Gasteiger partial charge in [-0.3, -0.25) is 0 Å². The maximum absolute atomic E-state index is 13.1. The summed E-state index contributed by atoms with van der Waals surface area (Å²) in [4.78, 5) is 23.6. The molecule has 0 fully saturated rings. The van der Waals surface area contributed by atoms with Gasteiger partial charge in [0.05, 0.1) is 17.2 Å². The van der Waals surface area contributed by atoms with Crippen LogP contribution in [-0.4, -0.2) is 41.3 Å². The van der Waals surface area contributed by atoms with Crippen molar-refractivity contribution >= 4 is 46.0 Å². The number of nitrogens with two attached hydrogens (primary N) is 1. The minimum Gasteiger partial charge on any atom is -0.440 e. The number of hydrogen-bond acceptors (Lipinski definition) is 6. The molecule has 0 aliphatic carbocycles. The molecule has 2 amide bonds. The average molecular weight is 523 g/mol. The lowest BCUT2D eigenvalue weighted by Crippen LogP contribution is -2.33. The van der Waals surface area contributed by atoms with E-state index in [1.807, 2.05) is 0 Å². The summed E-state index contributed by atoms with van der Waals surface area (Å²) in [5.74, 6) is 0.237. The predicted molar refractivity (Wildman–Crippen MR) is 126 cm³/mol. The van der Waals surface area contributed by atoms with Crippen LogP contribution in [0.25, 0.3) is 16.9 Å². The van der Waals surface area contributed by atoms with Gasteiger partial charge in [-0.25, -0.2) is 9.78 Å². The fourth-order valence-corrected chi connectivity index (χ4v) is 3.53. The Morgan fingerprint density at radius 2 is 1.81 bits per heavy atom. The van der Waals surface area contributed by atoms with Crippen LogP contribution in [0.3, 0.4) is 0 Å². The number of aromatic nitrogens is 4. The molecule has 188 valence electrons.